The SMILES string of the molecule is CC(C)(Oc1ccc(Cl)cc1)C(=O)NC1C2CC3C[C@@H]1CC(COCC(=O)O)(C3)C2. The summed E-state index contributed by atoms with van der Waals surface area (Å²) in [7, 11) is 0. The molecule has 2 N–H and O–H groups in total. The highest BCUT2D eigenvalue weighted by Gasteiger charge is 2.56. The third-order valence-corrected chi connectivity index (χ3v) is 7.32. The number of carboxylic acid groups (broad SMARTS) is 1. The molecule has 4 aliphatic carbocycles. The van der Waals surface area contributed by atoms with Crippen molar-refractivity contribution in [1.82, 2.24) is 5.32 Å². The van der Waals surface area contributed by atoms with E-state index in [-0.39, 0.29) is 24.0 Å². The average molecular weight is 436 g/mol. The minimum absolute atomic E-state index is 0.0719. The van der Waals surface area contributed by atoms with Gasteiger partial charge in [0.15, 0.2) is 5.60 Å². The summed E-state index contributed by atoms with van der Waals surface area (Å²) in [6, 6.07) is 7.17. The predicted molar refractivity (Wildman–Crippen MR) is 113 cm³/mol. The molecule has 6 nitrogen and oxygen atoms in total. The molecule has 0 saturated heterocycles. The number of carbonyl (C=O) groups excluding carboxylic acids is 1. The summed E-state index contributed by atoms with van der Waals surface area (Å²) in [5.41, 5.74) is -0.923. The minimum Gasteiger partial charge on any atom is -0.480 e. The fourth-order valence-corrected chi connectivity index (χ4v) is 6.25. The molecule has 30 heavy (non-hydrogen) atoms. The molecule has 0 radical (unpaired) electrons. The maximum Gasteiger partial charge on any atom is 0.329 e. The minimum atomic E-state index is -0.995. The summed E-state index contributed by atoms with van der Waals surface area (Å²) < 4.78 is 11.5. The first-order valence-electron chi connectivity index (χ1n) is 10.7. The van der Waals surface area contributed by atoms with Crippen LogP contribution in [-0.4, -0.2) is 41.8 Å². The number of hydrogen-bond donors (Lipinski definition) is 2. The third kappa shape index (κ3) is 4.45. The van der Waals surface area contributed by atoms with E-state index in [0.29, 0.717) is 35.1 Å². The molecule has 5 atom stereocenters. The van der Waals surface area contributed by atoms with Crippen molar-refractivity contribution in [1.29, 1.82) is 0 Å². The molecule has 1 aromatic carbocycles. The van der Waals surface area contributed by atoms with E-state index in [0.717, 1.165) is 32.1 Å². The number of hydrogen-bond acceptors (Lipinski definition) is 4. The van der Waals surface area contributed by atoms with Crippen molar-refractivity contribution in [3.05, 3.63) is 29.3 Å². The molecule has 0 heterocycles. The van der Waals surface area contributed by atoms with Gasteiger partial charge in [0.25, 0.3) is 5.91 Å². The van der Waals surface area contributed by atoms with Crippen LogP contribution in [0, 0.1) is 23.2 Å². The Morgan fingerprint density at radius 2 is 1.80 bits per heavy atom. The molecule has 4 bridgehead atoms. The first kappa shape index (κ1) is 21.4. The summed E-state index contributed by atoms with van der Waals surface area (Å²) in [4.78, 5) is 23.9. The van der Waals surface area contributed by atoms with E-state index < -0.39 is 11.6 Å². The Hall–Kier alpha value is -1.79. The van der Waals surface area contributed by atoms with Crippen molar-refractivity contribution in [2.24, 2.45) is 23.2 Å². The second kappa shape index (κ2) is 8.04. The molecule has 1 amide bonds. The number of rotatable bonds is 8. The lowest BCUT2D eigenvalue weighted by molar-refractivity contribution is -0.152. The van der Waals surface area contributed by atoms with Gasteiger partial charge in [0.05, 0.1) is 6.61 Å². The molecule has 4 fully saturated rings. The predicted octanol–water partition coefficient (Wildman–Crippen LogP) is 3.91. The summed E-state index contributed by atoms with van der Waals surface area (Å²) in [5.74, 6) is 1.07. The van der Waals surface area contributed by atoms with E-state index in [1.807, 2.05) is 0 Å². The van der Waals surface area contributed by atoms with Crippen molar-refractivity contribution >= 4 is 23.5 Å². The van der Waals surface area contributed by atoms with Gasteiger partial charge in [-0.15, -0.1) is 0 Å². The summed E-state index contributed by atoms with van der Waals surface area (Å²) in [6.07, 6.45) is 5.35. The number of carboxylic acids is 1. The van der Waals surface area contributed by atoms with Gasteiger partial charge in [0, 0.05) is 11.1 Å². The molecule has 5 rings (SSSR count). The molecule has 7 heteroatoms. The van der Waals surface area contributed by atoms with Gasteiger partial charge in [-0.25, -0.2) is 4.79 Å². The molecule has 164 valence electrons. The second-order valence-corrected chi connectivity index (χ2v) is 10.4. The Kier molecular flexibility index (Phi) is 5.75. The fourth-order valence-electron chi connectivity index (χ4n) is 6.13. The van der Waals surface area contributed by atoms with Crippen LogP contribution >= 0.6 is 11.6 Å². The Balaban J connectivity index is 1.39. The van der Waals surface area contributed by atoms with Gasteiger partial charge in [-0.2, -0.15) is 0 Å². The van der Waals surface area contributed by atoms with Crippen LogP contribution in [0.4, 0.5) is 0 Å². The van der Waals surface area contributed by atoms with E-state index in [2.05, 4.69) is 5.32 Å². The van der Waals surface area contributed by atoms with Crippen LogP contribution in [0.5, 0.6) is 5.75 Å². The average Bonchev–Trinajstić information content (AvgIpc) is 2.65. The molecule has 4 aliphatic rings. The van der Waals surface area contributed by atoms with Gasteiger partial charge in [0.1, 0.15) is 12.4 Å². The van der Waals surface area contributed by atoms with Crippen molar-refractivity contribution in [3.63, 3.8) is 0 Å². The standard InChI is InChI=1S/C23H30ClNO5/c1-22(2,30-18-5-3-17(24)4-6-18)21(28)25-20-15-7-14-8-16(20)11-23(9-14,10-15)13-29-12-19(26)27/h3-6,14-16,20H,7-13H2,1-2H3,(H,25,28)(H,26,27)/t14?,15-,16?,20?,23?/m1/s1. The molecular weight excluding hydrogens is 406 g/mol. The topological polar surface area (TPSA) is 84.9 Å². The molecule has 4 saturated carbocycles. The van der Waals surface area contributed by atoms with Gasteiger partial charge in [-0.1, -0.05) is 11.6 Å². The summed E-state index contributed by atoms with van der Waals surface area (Å²) in [5, 5.41) is 12.8. The fraction of sp³-hybridized carbons (Fsp3) is 0.652. The lowest BCUT2D eigenvalue weighted by Crippen LogP contribution is -2.62. The zero-order chi connectivity index (χ0) is 21.5. The van der Waals surface area contributed by atoms with Gasteiger partial charge < -0.3 is 19.9 Å². The zero-order valence-electron chi connectivity index (χ0n) is 17.5. The van der Waals surface area contributed by atoms with Crippen LogP contribution < -0.4 is 10.1 Å². The van der Waals surface area contributed by atoms with Crippen LogP contribution in [0.3, 0.4) is 0 Å². The highest BCUT2D eigenvalue weighted by atomic mass is 35.5. The first-order chi connectivity index (χ1) is 14.2. The van der Waals surface area contributed by atoms with Crippen molar-refractivity contribution in [3.8, 4) is 5.75 Å². The normalized spacial score (nSPS) is 32.1. The molecular formula is C23H30ClNO5. The maximum absolute atomic E-state index is 13.1. The largest absolute Gasteiger partial charge is 0.480 e. The van der Waals surface area contributed by atoms with Crippen molar-refractivity contribution in [2.75, 3.05) is 13.2 Å². The summed E-state index contributed by atoms with van der Waals surface area (Å²) >= 11 is 5.93. The van der Waals surface area contributed by atoms with Crippen LogP contribution in [-0.2, 0) is 14.3 Å². The number of nitrogens with one attached hydrogen (secondary N) is 1. The summed E-state index contributed by atoms with van der Waals surface area (Å²) in [6.45, 7) is 3.84. The Labute approximate surface area is 182 Å². The molecule has 0 spiro atoms. The lowest BCUT2D eigenvalue weighted by Gasteiger charge is -2.60. The number of aliphatic carboxylic acids is 1. The van der Waals surface area contributed by atoms with E-state index >= 15 is 0 Å². The highest BCUT2D eigenvalue weighted by molar-refractivity contribution is 6.30. The van der Waals surface area contributed by atoms with Gasteiger partial charge >= 0.3 is 5.97 Å². The number of benzene rings is 1. The Morgan fingerprint density at radius 1 is 1.17 bits per heavy atom. The highest BCUT2D eigenvalue weighted by Crippen LogP contribution is 2.60. The third-order valence-electron chi connectivity index (χ3n) is 7.07. The number of amides is 1. The van der Waals surface area contributed by atoms with E-state index in [1.54, 1.807) is 38.1 Å². The van der Waals surface area contributed by atoms with Crippen molar-refractivity contribution < 1.29 is 24.2 Å². The lowest BCUT2D eigenvalue weighted by atomic mass is 9.48. The van der Waals surface area contributed by atoms with Gasteiger partial charge in [-0.3, -0.25) is 4.79 Å². The Bertz CT molecular complexity index is 792. The Morgan fingerprint density at radius 3 is 2.40 bits per heavy atom. The van der Waals surface area contributed by atoms with Crippen molar-refractivity contribution in [2.45, 2.75) is 57.6 Å². The van der Waals surface area contributed by atoms with E-state index in [9.17, 15) is 9.59 Å². The number of ether oxygens (including phenoxy) is 2. The van der Waals surface area contributed by atoms with E-state index in [4.69, 9.17) is 26.2 Å². The van der Waals surface area contributed by atoms with Gasteiger partial charge in [0.2, 0.25) is 0 Å². The van der Waals surface area contributed by atoms with Crippen LogP contribution in [0.1, 0.15) is 46.0 Å². The van der Waals surface area contributed by atoms with Gasteiger partial charge in [-0.05, 0) is 93.4 Å². The zero-order valence-corrected chi connectivity index (χ0v) is 18.3. The quantitative estimate of drug-likeness (QED) is 0.646. The molecule has 0 aliphatic heterocycles. The first-order valence-corrected chi connectivity index (χ1v) is 11.1. The number of halogens is 1. The molecule has 0 aromatic heterocycles. The van der Waals surface area contributed by atoms with Crippen LogP contribution in [0.15, 0.2) is 24.3 Å². The smallest absolute Gasteiger partial charge is 0.329 e. The maximum atomic E-state index is 13.1. The monoisotopic (exact) mass is 435 g/mol. The van der Waals surface area contributed by atoms with E-state index in [1.165, 1.54) is 0 Å². The van der Waals surface area contributed by atoms with Crippen LogP contribution in [0.2, 0.25) is 5.02 Å². The number of carbonyl (C=O) groups is 2. The second-order valence-electron chi connectivity index (χ2n) is 9.92. The molecule has 4 unspecified atom stereocenters. The molecule has 1 aromatic rings. The van der Waals surface area contributed by atoms with Crippen LogP contribution in [0.25, 0.3) is 0 Å².